The van der Waals surface area contributed by atoms with E-state index in [9.17, 15) is 10.1 Å². The van der Waals surface area contributed by atoms with Crippen LogP contribution < -0.4 is 4.74 Å². The number of piperazine rings is 1. The molecule has 0 N–H and O–H groups in total. The smallest absolute Gasteiger partial charge is 0.270 e. The number of para-hydroxylation sites is 2. The molecule has 1 fully saturated rings. The van der Waals surface area contributed by atoms with E-state index in [1.54, 1.807) is 19.2 Å². The van der Waals surface area contributed by atoms with E-state index in [0.29, 0.717) is 23.7 Å². The number of hydrogen-bond donors (Lipinski definition) is 0. The zero-order valence-electron chi connectivity index (χ0n) is 15.7. The van der Waals surface area contributed by atoms with Gasteiger partial charge in [0, 0.05) is 52.0 Å². The van der Waals surface area contributed by atoms with Gasteiger partial charge in [-0.1, -0.05) is 12.1 Å². The van der Waals surface area contributed by atoms with Crippen molar-refractivity contribution in [3.63, 3.8) is 0 Å². The molecule has 8 heteroatoms. The summed E-state index contributed by atoms with van der Waals surface area (Å²) in [5.41, 5.74) is 1.40. The van der Waals surface area contributed by atoms with Crippen LogP contribution >= 0.6 is 0 Å². The minimum absolute atomic E-state index is 0.0275. The fourth-order valence-corrected chi connectivity index (χ4v) is 3.47. The molecule has 8 nitrogen and oxygen atoms in total. The van der Waals surface area contributed by atoms with Crippen LogP contribution in [0.5, 0.6) is 11.5 Å². The van der Waals surface area contributed by atoms with E-state index in [4.69, 9.17) is 14.5 Å². The number of nitro benzene ring substituents is 1. The molecule has 0 radical (unpaired) electrons. The van der Waals surface area contributed by atoms with Crippen molar-refractivity contribution >= 4 is 17.2 Å². The average molecular weight is 382 g/mol. The van der Waals surface area contributed by atoms with Gasteiger partial charge in [-0.15, -0.1) is 0 Å². The van der Waals surface area contributed by atoms with E-state index >= 15 is 0 Å². The Morgan fingerprint density at radius 3 is 2.68 bits per heavy atom. The lowest BCUT2D eigenvalue weighted by Crippen LogP contribution is -2.49. The predicted octanol–water partition coefficient (Wildman–Crippen LogP) is 3.04. The van der Waals surface area contributed by atoms with Crippen molar-refractivity contribution in [1.29, 1.82) is 0 Å². The molecule has 146 valence electrons. The van der Waals surface area contributed by atoms with Crippen LogP contribution in [0.2, 0.25) is 0 Å². The van der Waals surface area contributed by atoms with Crippen LogP contribution in [0.1, 0.15) is 5.56 Å². The third-order valence-corrected chi connectivity index (χ3v) is 5.01. The van der Waals surface area contributed by atoms with E-state index in [-0.39, 0.29) is 5.69 Å². The van der Waals surface area contributed by atoms with Gasteiger partial charge in [0.25, 0.3) is 5.69 Å². The molecule has 2 aliphatic heterocycles. The van der Waals surface area contributed by atoms with Crippen LogP contribution in [-0.2, 0) is 4.74 Å². The molecular formula is C20H22N4O4. The first-order valence-electron chi connectivity index (χ1n) is 9.26. The number of benzene rings is 2. The number of ether oxygens (including phenoxy) is 2. The number of rotatable bonds is 4. The Bertz CT molecular complexity index is 907. The second kappa shape index (κ2) is 7.95. The van der Waals surface area contributed by atoms with E-state index in [1.165, 1.54) is 6.07 Å². The summed E-state index contributed by atoms with van der Waals surface area (Å²) in [6.07, 6.45) is 0. The fraction of sp³-hybridized carbons (Fsp3) is 0.350. The molecule has 0 amide bonds. The van der Waals surface area contributed by atoms with Gasteiger partial charge in [-0.2, -0.15) is 0 Å². The van der Waals surface area contributed by atoms with Gasteiger partial charge < -0.3 is 14.4 Å². The topological polar surface area (TPSA) is 80.4 Å². The van der Waals surface area contributed by atoms with E-state index in [0.717, 1.165) is 44.2 Å². The Balaban J connectivity index is 1.69. The molecule has 4 rings (SSSR count). The maximum absolute atomic E-state index is 11.3. The average Bonchev–Trinajstić information content (AvgIpc) is 2.88. The lowest BCUT2D eigenvalue weighted by atomic mass is 10.1. The van der Waals surface area contributed by atoms with Crippen molar-refractivity contribution in [3.8, 4) is 11.5 Å². The lowest BCUT2D eigenvalue weighted by molar-refractivity contribution is -0.384. The summed E-state index contributed by atoms with van der Waals surface area (Å²) in [7, 11) is 1.71. The third-order valence-electron chi connectivity index (χ3n) is 5.01. The highest BCUT2D eigenvalue weighted by Gasteiger charge is 2.27. The van der Waals surface area contributed by atoms with Gasteiger partial charge >= 0.3 is 0 Å². The molecule has 28 heavy (non-hydrogen) atoms. The molecule has 0 aliphatic carbocycles. The Morgan fingerprint density at radius 2 is 1.93 bits per heavy atom. The second-order valence-corrected chi connectivity index (χ2v) is 6.76. The van der Waals surface area contributed by atoms with E-state index in [2.05, 4.69) is 9.80 Å². The highest BCUT2D eigenvalue weighted by Crippen LogP contribution is 2.39. The molecule has 2 aliphatic rings. The van der Waals surface area contributed by atoms with Crippen molar-refractivity contribution in [3.05, 3.63) is 58.1 Å². The summed E-state index contributed by atoms with van der Waals surface area (Å²) in [5, 5.41) is 11.3. The minimum Gasteiger partial charge on any atom is -0.454 e. The van der Waals surface area contributed by atoms with E-state index in [1.807, 2.05) is 24.3 Å². The SMILES string of the molecule is COCCN1CCN(C2=Nc3ccccc3Oc3ccc([N+](=O)[O-])cc32)CC1. The number of amidine groups is 1. The summed E-state index contributed by atoms with van der Waals surface area (Å²) < 4.78 is 11.2. The first-order valence-corrected chi connectivity index (χ1v) is 9.26. The third kappa shape index (κ3) is 3.69. The lowest BCUT2D eigenvalue weighted by Gasteiger charge is -2.36. The number of hydrogen-bond acceptors (Lipinski definition) is 7. The van der Waals surface area contributed by atoms with Gasteiger partial charge in [-0.25, -0.2) is 4.99 Å². The standard InChI is InChI=1S/C20H22N4O4/c1-27-13-12-22-8-10-23(11-9-22)20-16-14-15(24(25)26)6-7-18(16)28-19-5-3-2-4-17(19)21-20/h2-7,14H,8-13H2,1H3. The number of aliphatic imine (C=N–C) groups is 1. The molecule has 0 spiro atoms. The van der Waals surface area contributed by atoms with Crippen LogP contribution in [-0.4, -0.2) is 67.0 Å². The molecule has 1 saturated heterocycles. The first kappa shape index (κ1) is 18.4. The van der Waals surface area contributed by atoms with Crippen molar-refractivity contribution in [1.82, 2.24) is 9.80 Å². The Hall–Kier alpha value is -2.97. The Labute approximate surface area is 163 Å². The van der Waals surface area contributed by atoms with Gasteiger partial charge in [0.2, 0.25) is 0 Å². The Morgan fingerprint density at radius 1 is 1.14 bits per heavy atom. The molecule has 2 aromatic carbocycles. The van der Waals surface area contributed by atoms with Gasteiger partial charge in [0.1, 0.15) is 17.3 Å². The second-order valence-electron chi connectivity index (χ2n) is 6.76. The Kier molecular flexibility index (Phi) is 5.23. The molecule has 0 unspecified atom stereocenters. The zero-order valence-corrected chi connectivity index (χ0v) is 15.7. The summed E-state index contributed by atoms with van der Waals surface area (Å²) >= 11 is 0. The predicted molar refractivity (Wildman–Crippen MR) is 106 cm³/mol. The number of methoxy groups -OCH3 is 1. The number of nitrogens with zero attached hydrogens (tertiary/aromatic N) is 4. The van der Waals surface area contributed by atoms with Crippen molar-refractivity contribution in [2.75, 3.05) is 46.4 Å². The highest BCUT2D eigenvalue weighted by atomic mass is 16.6. The minimum atomic E-state index is -0.390. The molecular weight excluding hydrogens is 360 g/mol. The van der Waals surface area contributed by atoms with Crippen molar-refractivity contribution in [2.24, 2.45) is 4.99 Å². The molecule has 0 bridgehead atoms. The molecule has 0 aromatic heterocycles. The largest absolute Gasteiger partial charge is 0.454 e. The van der Waals surface area contributed by atoms with Crippen LogP contribution in [0.4, 0.5) is 11.4 Å². The summed E-state index contributed by atoms with van der Waals surface area (Å²) in [6, 6.07) is 12.2. The maximum atomic E-state index is 11.3. The van der Waals surface area contributed by atoms with Crippen LogP contribution in [0.25, 0.3) is 0 Å². The monoisotopic (exact) mass is 382 g/mol. The van der Waals surface area contributed by atoms with Crippen molar-refractivity contribution in [2.45, 2.75) is 0 Å². The van der Waals surface area contributed by atoms with Crippen LogP contribution in [0, 0.1) is 10.1 Å². The number of non-ortho nitro benzene ring substituents is 1. The molecule has 2 heterocycles. The first-order chi connectivity index (χ1) is 13.7. The number of nitro groups is 1. The molecule has 0 saturated carbocycles. The normalized spacial score (nSPS) is 16.5. The van der Waals surface area contributed by atoms with Crippen LogP contribution in [0.15, 0.2) is 47.5 Å². The summed E-state index contributed by atoms with van der Waals surface area (Å²) in [6.45, 7) is 4.94. The van der Waals surface area contributed by atoms with E-state index < -0.39 is 4.92 Å². The van der Waals surface area contributed by atoms with Gasteiger partial charge in [-0.05, 0) is 18.2 Å². The zero-order chi connectivity index (χ0) is 19.5. The summed E-state index contributed by atoms with van der Waals surface area (Å²) in [4.78, 5) is 20.3. The maximum Gasteiger partial charge on any atom is 0.270 e. The van der Waals surface area contributed by atoms with Crippen molar-refractivity contribution < 1.29 is 14.4 Å². The van der Waals surface area contributed by atoms with Gasteiger partial charge in [0.15, 0.2) is 5.75 Å². The quantitative estimate of drug-likeness (QED) is 0.597. The van der Waals surface area contributed by atoms with Crippen LogP contribution in [0.3, 0.4) is 0 Å². The molecule has 2 aromatic rings. The summed E-state index contributed by atoms with van der Waals surface area (Å²) in [5.74, 6) is 1.94. The number of fused-ring (bicyclic) bond motifs is 2. The fourth-order valence-electron chi connectivity index (χ4n) is 3.47. The van der Waals surface area contributed by atoms with Gasteiger partial charge in [0.05, 0.1) is 17.1 Å². The van der Waals surface area contributed by atoms with Gasteiger partial charge in [-0.3, -0.25) is 15.0 Å². The molecule has 0 atom stereocenters. The highest BCUT2D eigenvalue weighted by molar-refractivity contribution is 6.04.